The molecule has 1 aromatic carbocycles. The second-order valence-corrected chi connectivity index (χ2v) is 5.67. The smallest absolute Gasteiger partial charge is 0.337 e. The molecule has 0 aliphatic heterocycles. The van der Waals surface area contributed by atoms with Crippen LogP contribution < -0.4 is 4.74 Å². The quantitative estimate of drug-likeness (QED) is 0.798. The first-order valence-corrected chi connectivity index (χ1v) is 6.95. The van der Waals surface area contributed by atoms with Crippen molar-refractivity contribution in [3.63, 3.8) is 0 Å². The number of carboxylic acid groups (broad SMARTS) is 1. The number of aromatic carboxylic acids is 1. The first-order chi connectivity index (χ1) is 8.97. The highest BCUT2D eigenvalue weighted by molar-refractivity contribution is 9.11. The predicted octanol–water partition coefficient (Wildman–Crippen LogP) is 4.75. The molecule has 0 amide bonds. The molecule has 0 saturated carbocycles. The van der Waals surface area contributed by atoms with Crippen LogP contribution >= 0.6 is 43.5 Å². The van der Waals surface area contributed by atoms with Crippen LogP contribution in [-0.4, -0.2) is 16.1 Å². The maximum absolute atomic E-state index is 11.0. The van der Waals surface area contributed by atoms with Crippen molar-refractivity contribution in [2.24, 2.45) is 0 Å². The molecule has 1 aromatic heterocycles. The van der Waals surface area contributed by atoms with Gasteiger partial charge in [-0.25, -0.2) is 9.78 Å². The second kappa shape index (κ2) is 5.90. The van der Waals surface area contributed by atoms with Crippen molar-refractivity contribution in [1.29, 1.82) is 0 Å². The van der Waals surface area contributed by atoms with E-state index in [4.69, 9.17) is 21.4 Å². The minimum atomic E-state index is -1.11. The molecule has 0 atom stereocenters. The molecule has 2 rings (SSSR count). The number of aromatic nitrogens is 1. The Kier molecular flexibility index (Phi) is 4.44. The molecule has 0 aliphatic carbocycles. The number of halogens is 3. The number of rotatable bonds is 3. The maximum Gasteiger partial charge on any atom is 0.337 e. The molecule has 7 heteroatoms. The average Bonchev–Trinajstić information content (AvgIpc) is 2.34. The molecule has 0 unspecified atom stereocenters. The molecule has 0 fully saturated rings. The van der Waals surface area contributed by atoms with Gasteiger partial charge in [-0.1, -0.05) is 11.6 Å². The molecule has 19 heavy (non-hydrogen) atoms. The van der Waals surface area contributed by atoms with E-state index in [-0.39, 0.29) is 10.6 Å². The third-order valence-corrected chi connectivity index (χ3v) is 3.49. The lowest BCUT2D eigenvalue weighted by Crippen LogP contribution is -1.98. The van der Waals surface area contributed by atoms with Crippen LogP contribution in [0.25, 0.3) is 0 Å². The topological polar surface area (TPSA) is 59.4 Å². The van der Waals surface area contributed by atoms with E-state index in [2.05, 4.69) is 36.8 Å². The second-order valence-electron chi connectivity index (χ2n) is 3.49. The van der Waals surface area contributed by atoms with E-state index in [0.29, 0.717) is 16.1 Å². The fourth-order valence-electron chi connectivity index (χ4n) is 1.32. The summed E-state index contributed by atoms with van der Waals surface area (Å²) >= 11 is 12.4. The highest BCUT2D eigenvalue weighted by Crippen LogP contribution is 2.31. The SMILES string of the molecule is O=C(O)c1cc(Oc2ncc(Br)cc2Br)ccc1Cl. The zero-order valence-corrected chi connectivity index (χ0v) is 13.2. The van der Waals surface area contributed by atoms with E-state index in [0.717, 1.165) is 4.47 Å². The average molecular weight is 407 g/mol. The highest BCUT2D eigenvalue weighted by atomic mass is 79.9. The van der Waals surface area contributed by atoms with Gasteiger partial charge in [-0.05, 0) is 56.1 Å². The summed E-state index contributed by atoms with van der Waals surface area (Å²) in [5.41, 5.74) is -0.0209. The van der Waals surface area contributed by atoms with Gasteiger partial charge in [0.1, 0.15) is 5.75 Å². The van der Waals surface area contributed by atoms with Crippen LogP contribution in [0.15, 0.2) is 39.4 Å². The van der Waals surface area contributed by atoms with Crippen LogP contribution in [0.3, 0.4) is 0 Å². The van der Waals surface area contributed by atoms with Gasteiger partial charge in [0, 0.05) is 10.7 Å². The lowest BCUT2D eigenvalue weighted by molar-refractivity contribution is 0.0696. The van der Waals surface area contributed by atoms with Crippen molar-refractivity contribution >= 4 is 49.4 Å². The number of hydrogen-bond donors (Lipinski definition) is 1. The van der Waals surface area contributed by atoms with Crippen LogP contribution in [0, 0.1) is 0 Å². The molecule has 0 saturated heterocycles. The first-order valence-electron chi connectivity index (χ1n) is 4.99. The molecule has 98 valence electrons. The minimum Gasteiger partial charge on any atom is -0.478 e. The molecule has 0 spiro atoms. The highest BCUT2D eigenvalue weighted by Gasteiger charge is 2.12. The lowest BCUT2D eigenvalue weighted by Gasteiger charge is -2.08. The zero-order valence-electron chi connectivity index (χ0n) is 9.23. The summed E-state index contributed by atoms with van der Waals surface area (Å²) in [6.45, 7) is 0. The number of benzene rings is 1. The van der Waals surface area contributed by atoms with Gasteiger partial charge in [0.05, 0.1) is 15.1 Å². The Morgan fingerprint density at radius 3 is 2.68 bits per heavy atom. The van der Waals surface area contributed by atoms with Gasteiger partial charge in [0.25, 0.3) is 0 Å². The number of nitrogens with zero attached hydrogens (tertiary/aromatic N) is 1. The summed E-state index contributed by atoms with van der Waals surface area (Å²) in [5, 5.41) is 9.13. The Hall–Kier alpha value is -1.11. The van der Waals surface area contributed by atoms with Crippen LogP contribution in [0.5, 0.6) is 11.6 Å². The summed E-state index contributed by atoms with van der Waals surface area (Å²) in [6.07, 6.45) is 1.58. The minimum absolute atomic E-state index is 0.0209. The van der Waals surface area contributed by atoms with Crippen molar-refractivity contribution in [2.45, 2.75) is 0 Å². The van der Waals surface area contributed by atoms with Gasteiger partial charge < -0.3 is 9.84 Å². The van der Waals surface area contributed by atoms with E-state index in [1.807, 2.05) is 0 Å². The van der Waals surface area contributed by atoms with Crippen LogP contribution in [0.2, 0.25) is 5.02 Å². The molecule has 4 nitrogen and oxygen atoms in total. The summed E-state index contributed by atoms with van der Waals surface area (Å²) in [7, 11) is 0. The monoisotopic (exact) mass is 405 g/mol. The van der Waals surface area contributed by atoms with Crippen molar-refractivity contribution < 1.29 is 14.6 Å². The normalized spacial score (nSPS) is 10.3. The van der Waals surface area contributed by atoms with Crippen molar-refractivity contribution in [3.05, 3.63) is 50.0 Å². The van der Waals surface area contributed by atoms with Crippen molar-refractivity contribution in [2.75, 3.05) is 0 Å². The molecular weight excluding hydrogens is 401 g/mol. The van der Waals surface area contributed by atoms with Crippen LogP contribution in [0.4, 0.5) is 0 Å². The number of carboxylic acids is 1. The fourth-order valence-corrected chi connectivity index (χ4v) is 2.59. The fraction of sp³-hybridized carbons (Fsp3) is 0. The molecule has 0 radical (unpaired) electrons. The predicted molar refractivity (Wildman–Crippen MR) is 78.1 cm³/mol. The maximum atomic E-state index is 11.0. The Balaban J connectivity index is 2.33. The van der Waals surface area contributed by atoms with Crippen LogP contribution in [0.1, 0.15) is 10.4 Å². The summed E-state index contributed by atoms with van der Waals surface area (Å²) < 4.78 is 6.96. The number of ether oxygens (including phenoxy) is 1. The number of hydrogen-bond acceptors (Lipinski definition) is 3. The molecule has 0 bridgehead atoms. The molecule has 1 heterocycles. The Labute approximate surface area is 130 Å². The first kappa shape index (κ1) is 14.3. The molecule has 0 aliphatic rings. The lowest BCUT2D eigenvalue weighted by atomic mass is 10.2. The van der Waals surface area contributed by atoms with Gasteiger partial charge in [-0.2, -0.15) is 0 Å². The van der Waals surface area contributed by atoms with E-state index in [1.54, 1.807) is 18.3 Å². The standard InChI is InChI=1S/C12H6Br2ClNO3/c13-6-3-9(14)11(16-5-6)19-7-1-2-10(15)8(4-7)12(17)18/h1-5H,(H,17,18). The number of carbonyl (C=O) groups is 1. The van der Waals surface area contributed by atoms with E-state index < -0.39 is 5.97 Å². The van der Waals surface area contributed by atoms with Gasteiger partial charge in [-0.3, -0.25) is 0 Å². The van der Waals surface area contributed by atoms with Crippen LogP contribution in [-0.2, 0) is 0 Å². The van der Waals surface area contributed by atoms with Gasteiger partial charge in [0.15, 0.2) is 0 Å². The molecule has 2 aromatic rings. The van der Waals surface area contributed by atoms with Gasteiger partial charge in [0.2, 0.25) is 5.88 Å². The van der Waals surface area contributed by atoms with Crippen molar-refractivity contribution in [3.8, 4) is 11.6 Å². The third-order valence-electron chi connectivity index (χ3n) is 2.16. The Bertz CT molecular complexity index is 649. The molecular formula is C12H6Br2ClNO3. The third kappa shape index (κ3) is 3.46. The zero-order chi connectivity index (χ0) is 14.0. The Morgan fingerprint density at radius 1 is 1.32 bits per heavy atom. The van der Waals surface area contributed by atoms with E-state index >= 15 is 0 Å². The van der Waals surface area contributed by atoms with Crippen molar-refractivity contribution in [1.82, 2.24) is 4.98 Å². The summed E-state index contributed by atoms with van der Waals surface area (Å²) in [5.74, 6) is -0.433. The van der Waals surface area contributed by atoms with Gasteiger partial charge in [-0.15, -0.1) is 0 Å². The van der Waals surface area contributed by atoms with E-state index in [9.17, 15) is 4.79 Å². The summed E-state index contributed by atoms with van der Waals surface area (Å²) in [4.78, 5) is 15.0. The molecule has 1 N–H and O–H groups in total. The summed E-state index contributed by atoms with van der Waals surface area (Å²) in [6, 6.07) is 6.16. The number of pyridine rings is 1. The van der Waals surface area contributed by atoms with Gasteiger partial charge >= 0.3 is 5.97 Å². The largest absolute Gasteiger partial charge is 0.478 e. The van der Waals surface area contributed by atoms with E-state index in [1.165, 1.54) is 12.1 Å². The Morgan fingerprint density at radius 2 is 2.05 bits per heavy atom.